The van der Waals surface area contributed by atoms with Crippen LogP contribution in [0.15, 0.2) is 41.3 Å². The van der Waals surface area contributed by atoms with E-state index in [1.54, 1.807) is 6.07 Å². The number of nitriles is 2. The van der Waals surface area contributed by atoms with E-state index < -0.39 is 59.8 Å². The SMILES string of the molecule is N#Cc1ccc(COC(=O)Nc2c(C3(C(=O)O)CC3)c(C#N)nn2-c2c(Cl)cc(S(F)(F)(F)(F)F)cc2Cl)cc1. The van der Waals surface area contributed by atoms with Gasteiger partial charge in [-0.2, -0.15) is 15.6 Å². The van der Waals surface area contributed by atoms with Crippen LogP contribution in [0.4, 0.5) is 30.0 Å². The van der Waals surface area contributed by atoms with Crippen molar-refractivity contribution in [2.45, 2.75) is 29.8 Å². The maximum absolute atomic E-state index is 13.4. The van der Waals surface area contributed by atoms with Gasteiger partial charge in [0.05, 0.1) is 32.7 Å². The number of aromatic nitrogens is 2. The van der Waals surface area contributed by atoms with Gasteiger partial charge in [-0.05, 0) is 42.7 Å². The normalized spacial score (nSPS) is 15.6. The molecule has 1 aromatic heterocycles. The molecule has 2 N–H and O–H groups in total. The van der Waals surface area contributed by atoms with Gasteiger partial charge in [-0.3, -0.25) is 10.1 Å². The fourth-order valence-corrected chi connectivity index (χ4v) is 5.30. The number of hydrogen-bond donors (Lipinski definition) is 2. The first-order valence-electron chi connectivity index (χ1n) is 10.8. The molecule has 9 nitrogen and oxygen atoms in total. The van der Waals surface area contributed by atoms with Gasteiger partial charge >= 0.3 is 22.3 Å². The van der Waals surface area contributed by atoms with Gasteiger partial charge in [0, 0.05) is 0 Å². The number of benzene rings is 2. The standard InChI is InChI=1S/C23H14Cl2F5N5O4S/c24-15-7-14(40(26,27,28,29)30)8-16(25)19(15)35-20(18(17(10-32)34-35)23(5-6-23)21(36)37)33-22(38)39-11-13-3-1-12(9-31)2-4-13/h1-4,7-8H,5-6,11H2,(H,33,38)(H,36,37). The van der Waals surface area contributed by atoms with Gasteiger partial charge < -0.3 is 9.84 Å². The number of rotatable bonds is 7. The lowest BCUT2D eigenvalue weighted by atomic mass is 9.95. The number of amides is 1. The molecule has 0 saturated heterocycles. The monoisotopic (exact) mass is 621 g/mol. The third kappa shape index (κ3) is 5.49. The Morgan fingerprint density at radius 2 is 1.65 bits per heavy atom. The fraction of sp³-hybridized carbons (Fsp3) is 0.174. The molecule has 3 aromatic rings. The summed E-state index contributed by atoms with van der Waals surface area (Å²) < 4.78 is 72.7. The Hall–Kier alpha value is -4.05. The van der Waals surface area contributed by atoms with Crippen LogP contribution in [0.1, 0.15) is 35.2 Å². The summed E-state index contributed by atoms with van der Waals surface area (Å²) in [5.41, 5.74) is -2.36. The molecule has 1 saturated carbocycles. The Labute approximate surface area is 232 Å². The van der Waals surface area contributed by atoms with E-state index in [0.29, 0.717) is 15.8 Å². The Morgan fingerprint density at radius 3 is 2.10 bits per heavy atom. The van der Waals surface area contributed by atoms with Crippen molar-refractivity contribution in [3.8, 4) is 17.8 Å². The average molecular weight is 622 g/mol. The topological polar surface area (TPSA) is 141 Å². The zero-order chi connectivity index (χ0) is 29.7. The maximum atomic E-state index is 13.4. The molecule has 17 heteroatoms. The van der Waals surface area contributed by atoms with Gasteiger partial charge in [0.1, 0.15) is 29.1 Å². The molecule has 0 atom stereocenters. The highest BCUT2D eigenvalue weighted by Gasteiger charge is 2.65. The number of halogens is 7. The second kappa shape index (κ2) is 8.99. The Kier molecular flexibility index (Phi) is 6.50. The summed E-state index contributed by atoms with van der Waals surface area (Å²) in [5.74, 6) is -1.91. The lowest BCUT2D eigenvalue weighted by Crippen LogP contribution is -2.24. The summed E-state index contributed by atoms with van der Waals surface area (Å²) >= 11 is 11.9. The summed E-state index contributed by atoms with van der Waals surface area (Å²) in [5, 5.41) is 32.5. The maximum Gasteiger partial charge on any atom is 0.413 e. The smallest absolute Gasteiger partial charge is 0.413 e. The summed E-state index contributed by atoms with van der Waals surface area (Å²) in [7, 11) is -10.2. The van der Waals surface area contributed by atoms with Gasteiger partial charge in [-0.15, -0.1) is 0 Å². The van der Waals surface area contributed by atoms with Crippen LogP contribution in [-0.4, -0.2) is 26.9 Å². The molecular formula is C23H14Cl2F5N5O4S. The van der Waals surface area contributed by atoms with Crippen LogP contribution in [0.2, 0.25) is 10.0 Å². The average Bonchev–Trinajstić information content (AvgIpc) is 3.59. The number of nitrogens with one attached hydrogen (secondary N) is 1. The van der Waals surface area contributed by atoms with Gasteiger partial charge in [-0.1, -0.05) is 54.8 Å². The number of carbonyl (C=O) groups excluding carboxylic acids is 1. The molecule has 1 aliphatic rings. The van der Waals surface area contributed by atoms with Gasteiger partial charge in [0.15, 0.2) is 5.69 Å². The van der Waals surface area contributed by atoms with Crippen LogP contribution in [0.3, 0.4) is 0 Å². The van der Waals surface area contributed by atoms with Gasteiger partial charge in [0.25, 0.3) is 0 Å². The van der Waals surface area contributed by atoms with Crippen molar-refractivity contribution >= 4 is 51.3 Å². The minimum atomic E-state index is -10.2. The molecule has 1 amide bonds. The first-order valence-corrected chi connectivity index (χ1v) is 13.5. The number of carboxylic acid groups (broad SMARTS) is 1. The quantitative estimate of drug-likeness (QED) is 0.261. The zero-order valence-electron chi connectivity index (χ0n) is 19.6. The van der Waals surface area contributed by atoms with Crippen molar-refractivity contribution in [2.75, 3.05) is 5.32 Å². The Morgan fingerprint density at radius 1 is 1.07 bits per heavy atom. The van der Waals surface area contributed by atoms with Crippen LogP contribution in [0.25, 0.3) is 5.69 Å². The van der Waals surface area contributed by atoms with E-state index in [-0.39, 0.29) is 37.1 Å². The van der Waals surface area contributed by atoms with E-state index >= 15 is 0 Å². The van der Waals surface area contributed by atoms with Crippen molar-refractivity contribution in [1.82, 2.24) is 9.78 Å². The third-order valence-corrected chi connectivity index (χ3v) is 7.65. The van der Waals surface area contributed by atoms with Gasteiger partial charge in [-0.25, -0.2) is 9.48 Å². The first kappa shape index (κ1) is 28.9. The molecule has 1 heterocycles. The molecule has 1 fully saturated rings. The van der Waals surface area contributed by atoms with Crippen molar-refractivity contribution in [2.24, 2.45) is 0 Å². The van der Waals surface area contributed by atoms with E-state index in [2.05, 4.69) is 10.4 Å². The number of hydrogen-bond acceptors (Lipinski definition) is 6. The van der Waals surface area contributed by atoms with Crippen LogP contribution >= 0.6 is 33.4 Å². The third-order valence-electron chi connectivity index (χ3n) is 5.95. The molecule has 0 spiro atoms. The molecule has 2 aromatic carbocycles. The molecule has 1 aliphatic carbocycles. The van der Waals surface area contributed by atoms with Gasteiger partial charge in [0.2, 0.25) is 0 Å². The van der Waals surface area contributed by atoms with Crippen LogP contribution in [0, 0.1) is 22.7 Å². The first-order chi connectivity index (χ1) is 18.4. The van der Waals surface area contributed by atoms with Crippen LogP contribution in [0.5, 0.6) is 0 Å². The summed E-state index contributed by atoms with van der Waals surface area (Å²) in [4.78, 5) is 22.4. The largest absolute Gasteiger partial charge is 0.481 e. The second-order valence-electron chi connectivity index (χ2n) is 8.70. The number of nitrogens with zero attached hydrogens (tertiary/aromatic N) is 4. The van der Waals surface area contributed by atoms with E-state index in [4.69, 9.17) is 33.2 Å². The Balaban J connectivity index is 1.81. The van der Waals surface area contributed by atoms with E-state index in [1.165, 1.54) is 24.3 Å². The highest BCUT2D eigenvalue weighted by molar-refractivity contribution is 8.45. The minimum Gasteiger partial charge on any atom is -0.481 e. The van der Waals surface area contributed by atoms with E-state index in [1.807, 2.05) is 6.07 Å². The number of aliphatic carboxylic acids is 1. The number of carboxylic acids is 1. The van der Waals surface area contributed by atoms with Crippen molar-refractivity contribution in [1.29, 1.82) is 10.5 Å². The predicted octanol–water partition coefficient (Wildman–Crippen LogP) is 7.44. The molecular weight excluding hydrogens is 608 g/mol. The van der Waals surface area contributed by atoms with Crippen molar-refractivity contribution in [3.05, 3.63) is 68.8 Å². The Bertz CT molecular complexity index is 1640. The molecule has 210 valence electrons. The fourth-order valence-electron chi connectivity index (χ4n) is 3.85. The van der Waals surface area contributed by atoms with Crippen LogP contribution in [-0.2, 0) is 21.6 Å². The lowest BCUT2D eigenvalue weighted by Gasteiger charge is -2.40. The molecule has 40 heavy (non-hydrogen) atoms. The van der Waals surface area contributed by atoms with E-state index in [9.17, 15) is 39.4 Å². The second-order valence-corrected chi connectivity index (χ2v) is 11.9. The molecule has 0 aliphatic heterocycles. The van der Waals surface area contributed by atoms with E-state index in [0.717, 1.165) is 0 Å². The van der Waals surface area contributed by atoms with Crippen LogP contribution < -0.4 is 5.32 Å². The highest BCUT2D eigenvalue weighted by atomic mass is 35.5. The molecule has 0 radical (unpaired) electrons. The predicted molar refractivity (Wildman–Crippen MR) is 133 cm³/mol. The number of ether oxygens (including phenoxy) is 1. The zero-order valence-corrected chi connectivity index (χ0v) is 21.9. The summed E-state index contributed by atoms with van der Waals surface area (Å²) in [6, 6.07) is 9.33. The molecule has 0 bridgehead atoms. The minimum absolute atomic E-state index is 0.0162. The van der Waals surface area contributed by atoms with Crippen molar-refractivity contribution < 1.29 is 38.9 Å². The summed E-state index contributed by atoms with van der Waals surface area (Å²) in [6.07, 6.45) is -1.17. The highest BCUT2D eigenvalue weighted by Crippen LogP contribution is 3.02. The van der Waals surface area contributed by atoms with Crippen molar-refractivity contribution in [3.63, 3.8) is 0 Å². The molecule has 4 rings (SSSR count). The number of anilines is 1. The number of carbonyl (C=O) groups is 2. The molecule has 0 unspecified atom stereocenters. The summed E-state index contributed by atoms with van der Waals surface area (Å²) in [6.45, 7) is -0.323. The lowest BCUT2D eigenvalue weighted by molar-refractivity contribution is -0.140.